The van der Waals surface area contributed by atoms with Gasteiger partial charge in [-0.1, -0.05) is 6.07 Å². The van der Waals surface area contributed by atoms with E-state index in [1.54, 1.807) is 0 Å². The Labute approximate surface area is 115 Å². The summed E-state index contributed by atoms with van der Waals surface area (Å²) in [5, 5.41) is 3.51. The maximum Gasteiger partial charge on any atom is 0.0590 e. The molecule has 3 heteroatoms. The normalized spacial score (nSPS) is 28.1. The van der Waals surface area contributed by atoms with Crippen LogP contribution in [0.25, 0.3) is 0 Å². The lowest BCUT2D eigenvalue weighted by molar-refractivity contribution is 0.00388. The second kappa shape index (κ2) is 6.02. The van der Waals surface area contributed by atoms with Crippen molar-refractivity contribution in [1.29, 1.82) is 0 Å². The summed E-state index contributed by atoms with van der Waals surface area (Å²) >= 11 is 0. The van der Waals surface area contributed by atoms with E-state index in [0.29, 0.717) is 18.1 Å². The average Bonchev–Trinajstić information content (AvgIpc) is 2.90. The Balaban J connectivity index is 1.69. The molecular formula is C16H24N2O. The van der Waals surface area contributed by atoms with Crippen molar-refractivity contribution in [2.24, 2.45) is 0 Å². The van der Waals surface area contributed by atoms with E-state index >= 15 is 0 Å². The SMILES string of the molecule is CNC(CC1CCCCO1)C1CCc2cccnc21. The Morgan fingerprint density at radius 3 is 3.16 bits per heavy atom. The van der Waals surface area contributed by atoms with Crippen molar-refractivity contribution >= 4 is 0 Å². The zero-order valence-electron chi connectivity index (χ0n) is 11.8. The maximum absolute atomic E-state index is 5.90. The van der Waals surface area contributed by atoms with Crippen LogP contribution in [0.3, 0.4) is 0 Å². The summed E-state index contributed by atoms with van der Waals surface area (Å²) in [6, 6.07) is 4.78. The van der Waals surface area contributed by atoms with Crippen LogP contribution in [0, 0.1) is 0 Å². The molecule has 1 aromatic rings. The van der Waals surface area contributed by atoms with Gasteiger partial charge in [-0.3, -0.25) is 4.98 Å². The van der Waals surface area contributed by atoms with Crippen molar-refractivity contribution in [2.45, 2.75) is 56.6 Å². The van der Waals surface area contributed by atoms with E-state index in [9.17, 15) is 0 Å². The summed E-state index contributed by atoms with van der Waals surface area (Å²) in [4.78, 5) is 4.62. The number of fused-ring (bicyclic) bond motifs is 1. The summed E-state index contributed by atoms with van der Waals surface area (Å²) in [5.74, 6) is 0.562. The predicted molar refractivity (Wildman–Crippen MR) is 76.4 cm³/mol. The number of ether oxygens (including phenoxy) is 1. The van der Waals surface area contributed by atoms with Crippen LogP contribution in [0.15, 0.2) is 18.3 Å². The molecule has 3 rings (SSSR count). The van der Waals surface area contributed by atoms with Crippen LogP contribution in [0.1, 0.15) is 49.3 Å². The first-order valence-corrected chi connectivity index (χ1v) is 7.61. The average molecular weight is 260 g/mol. The molecule has 1 aliphatic heterocycles. The third-order valence-corrected chi connectivity index (χ3v) is 4.65. The Bertz CT molecular complexity index is 415. The highest BCUT2D eigenvalue weighted by Crippen LogP contribution is 2.35. The lowest BCUT2D eigenvalue weighted by atomic mass is 9.90. The van der Waals surface area contributed by atoms with Crippen LogP contribution in [0.5, 0.6) is 0 Å². The van der Waals surface area contributed by atoms with E-state index in [-0.39, 0.29) is 0 Å². The Morgan fingerprint density at radius 2 is 2.37 bits per heavy atom. The van der Waals surface area contributed by atoms with Crippen molar-refractivity contribution in [3.05, 3.63) is 29.6 Å². The smallest absolute Gasteiger partial charge is 0.0590 e. The molecule has 0 radical (unpaired) electrons. The maximum atomic E-state index is 5.90. The molecule has 3 nitrogen and oxygen atoms in total. The highest BCUT2D eigenvalue weighted by Gasteiger charge is 2.32. The number of rotatable bonds is 4. The van der Waals surface area contributed by atoms with Crippen LogP contribution in [-0.2, 0) is 11.2 Å². The summed E-state index contributed by atoms with van der Waals surface area (Å²) in [6.07, 6.45) is 9.68. The van der Waals surface area contributed by atoms with Gasteiger partial charge in [0.15, 0.2) is 0 Å². The molecule has 0 bridgehead atoms. The minimum absolute atomic E-state index is 0.443. The van der Waals surface area contributed by atoms with Gasteiger partial charge >= 0.3 is 0 Å². The lowest BCUT2D eigenvalue weighted by Gasteiger charge is -2.30. The van der Waals surface area contributed by atoms with Crippen LogP contribution < -0.4 is 5.32 Å². The minimum atomic E-state index is 0.443. The van der Waals surface area contributed by atoms with E-state index in [4.69, 9.17) is 4.74 Å². The quantitative estimate of drug-likeness (QED) is 0.903. The van der Waals surface area contributed by atoms with Gasteiger partial charge in [0.25, 0.3) is 0 Å². The van der Waals surface area contributed by atoms with Gasteiger partial charge in [0.1, 0.15) is 0 Å². The van der Waals surface area contributed by atoms with Gasteiger partial charge in [0.05, 0.1) is 6.10 Å². The van der Waals surface area contributed by atoms with Crippen molar-refractivity contribution in [3.63, 3.8) is 0 Å². The standard InChI is InChI=1S/C16H24N2O/c1-17-15(11-13-6-2-3-10-19-13)14-8-7-12-5-4-9-18-16(12)14/h4-5,9,13-15,17H,2-3,6-8,10-11H2,1H3. The van der Waals surface area contributed by atoms with Gasteiger partial charge in [-0.15, -0.1) is 0 Å². The first-order valence-electron chi connectivity index (χ1n) is 7.61. The van der Waals surface area contributed by atoms with Crippen LogP contribution in [-0.4, -0.2) is 30.8 Å². The molecule has 0 amide bonds. The molecule has 19 heavy (non-hydrogen) atoms. The molecule has 2 aliphatic rings. The van der Waals surface area contributed by atoms with E-state index in [2.05, 4.69) is 29.5 Å². The molecule has 1 aromatic heterocycles. The molecule has 0 spiro atoms. The van der Waals surface area contributed by atoms with Crippen molar-refractivity contribution < 1.29 is 4.74 Å². The molecule has 2 heterocycles. The van der Waals surface area contributed by atoms with Gasteiger partial charge < -0.3 is 10.1 Å². The van der Waals surface area contributed by atoms with Gasteiger partial charge in [0.2, 0.25) is 0 Å². The molecule has 104 valence electrons. The number of likely N-dealkylation sites (N-methyl/N-ethyl adjacent to an activating group) is 1. The van der Waals surface area contributed by atoms with Crippen molar-refractivity contribution in [2.75, 3.05) is 13.7 Å². The fourth-order valence-electron chi connectivity index (χ4n) is 3.60. The molecule has 3 unspecified atom stereocenters. The number of nitrogens with one attached hydrogen (secondary N) is 1. The Morgan fingerprint density at radius 1 is 1.42 bits per heavy atom. The predicted octanol–water partition coefficient (Wildman–Crippen LogP) is 2.66. The molecule has 1 aliphatic carbocycles. The Hall–Kier alpha value is -0.930. The summed E-state index contributed by atoms with van der Waals surface area (Å²) in [7, 11) is 2.08. The number of hydrogen-bond acceptors (Lipinski definition) is 3. The number of hydrogen-bond donors (Lipinski definition) is 1. The highest BCUT2D eigenvalue weighted by atomic mass is 16.5. The Kier molecular flexibility index (Phi) is 4.14. The lowest BCUT2D eigenvalue weighted by Crippen LogP contribution is -2.36. The first kappa shape index (κ1) is 13.1. The van der Waals surface area contributed by atoms with Gasteiger partial charge in [-0.2, -0.15) is 0 Å². The van der Waals surface area contributed by atoms with E-state index < -0.39 is 0 Å². The van der Waals surface area contributed by atoms with E-state index in [0.717, 1.165) is 13.0 Å². The third-order valence-electron chi connectivity index (χ3n) is 4.65. The number of aryl methyl sites for hydroxylation is 1. The van der Waals surface area contributed by atoms with Gasteiger partial charge in [-0.05, 0) is 57.2 Å². The molecule has 3 atom stereocenters. The van der Waals surface area contributed by atoms with Crippen LogP contribution in [0.4, 0.5) is 0 Å². The molecule has 1 saturated heterocycles. The van der Waals surface area contributed by atoms with Crippen molar-refractivity contribution in [3.8, 4) is 0 Å². The summed E-state index contributed by atoms with van der Waals surface area (Å²) in [6.45, 7) is 0.945. The summed E-state index contributed by atoms with van der Waals surface area (Å²) in [5.41, 5.74) is 2.76. The minimum Gasteiger partial charge on any atom is -0.378 e. The van der Waals surface area contributed by atoms with E-state index in [1.807, 2.05) is 6.20 Å². The number of pyridine rings is 1. The van der Waals surface area contributed by atoms with E-state index in [1.165, 1.54) is 43.4 Å². The molecular weight excluding hydrogens is 236 g/mol. The molecule has 0 saturated carbocycles. The summed E-state index contributed by atoms with van der Waals surface area (Å²) < 4.78 is 5.90. The van der Waals surface area contributed by atoms with Crippen LogP contribution in [0.2, 0.25) is 0 Å². The fourth-order valence-corrected chi connectivity index (χ4v) is 3.60. The largest absolute Gasteiger partial charge is 0.378 e. The van der Waals surface area contributed by atoms with Gasteiger partial charge in [-0.25, -0.2) is 0 Å². The highest BCUT2D eigenvalue weighted by molar-refractivity contribution is 5.30. The van der Waals surface area contributed by atoms with Crippen LogP contribution >= 0.6 is 0 Å². The zero-order chi connectivity index (χ0) is 13.1. The molecule has 1 N–H and O–H groups in total. The number of nitrogens with zero attached hydrogens (tertiary/aromatic N) is 1. The molecule has 1 fully saturated rings. The first-order chi connectivity index (χ1) is 9.38. The topological polar surface area (TPSA) is 34.1 Å². The zero-order valence-corrected chi connectivity index (χ0v) is 11.8. The third kappa shape index (κ3) is 2.82. The van der Waals surface area contributed by atoms with Crippen molar-refractivity contribution in [1.82, 2.24) is 10.3 Å². The fraction of sp³-hybridized carbons (Fsp3) is 0.688. The van der Waals surface area contributed by atoms with Gasteiger partial charge in [0, 0.05) is 30.5 Å². The number of aromatic nitrogens is 1. The monoisotopic (exact) mass is 260 g/mol. The second-order valence-electron chi connectivity index (χ2n) is 5.81. The second-order valence-corrected chi connectivity index (χ2v) is 5.81. The molecule has 0 aromatic carbocycles.